The number of carbonyl (C=O) groups excluding carboxylic acids is 1. The Morgan fingerprint density at radius 2 is 2.53 bits per heavy atom. The molecule has 0 saturated carbocycles. The molecule has 1 unspecified atom stereocenters. The zero-order valence-corrected chi connectivity index (χ0v) is 9.27. The Bertz CT molecular complexity index is 516. The minimum Gasteiger partial charge on any atom is -0.459 e. The van der Waals surface area contributed by atoms with Crippen LogP contribution in [0.25, 0.3) is 0 Å². The summed E-state index contributed by atoms with van der Waals surface area (Å²) < 4.78 is 5.06. The first-order valence-electron chi connectivity index (χ1n) is 5.68. The first-order chi connectivity index (χ1) is 8.33. The Morgan fingerprint density at radius 1 is 1.59 bits per heavy atom. The SMILES string of the molecule is O=C(NC1CCc2cn[nH]c2C1)c1ccco1. The minimum absolute atomic E-state index is 0.150. The highest BCUT2D eigenvalue weighted by molar-refractivity contribution is 5.91. The van der Waals surface area contributed by atoms with Crippen LogP contribution in [0.2, 0.25) is 0 Å². The molecule has 1 atom stereocenters. The van der Waals surface area contributed by atoms with E-state index in [0.29, 0.717) is 5.76 Å². The highest BCUT2D eigenvalue weighted by Crippen LogP contribution is 2.19. The number of amides is 1. The number of nitrogens with one attached hydrogen (secondary N) is 2. The predicted octanol–water partition coefficient (Wildman–Crippen LogP) is 1.29. The smallest absolute Gasteiger partial charge is 0.287 e. The number of fused-ring (bicyclic) bond motifs is 1. The Morgan fingerprint density at radius 3 is 3.35 bits per heavy atom. The number of hydrogen-bond donors (Lipinski definition) is 2. The van der Waals surface area contributed by atoms with Gasteiger partial charge in [0.05, 0.1) is 12.5 Å². The Balaban J connectivity index is 1.66. The zero-order valence-electron chi connectivity index (χ0n) is 9.27. The number of rotatable bonds is 2. The van der Waals surface area contributed by atoms with Crippen LogP contribution < -0.4 is 5.32 Å². The summed E-state index contributed by atoms with van der Waals surface area (Å²) in [5.41, 5.74) is 2.38. The van der Waals surface area contributed by atoms with Gasteiger partial charge < -0.3 is 9.73 Å². The van der Waals surface area contributed by atoms with Crippen molar-refractivity contribution in [3.63, 3.8) is 0 Å². The molecule has 88 valence electrons. The van der Waals surface area contributed by atoms with Crippen molar-refractivity contribution in [1.29, 1.82) is 0 Å². The lowest BCUT2D eigenvalue weighted by molar-refractivity contribution is 0.0905. The molecule has 0 aliphatic heterocycles. The maximum absolute atomic E-state index is 11.8. The normalized spacial score (nSPS) is 18.7. The van der Waals surface area contributed by atoms with Crippen LogP contribution >= 0.6 is 0 Å². The minimum atomic E-state index is -0.150. The Labute approximate surface area is 98.2 Å². The maximum atomic E-state index is 11.8. The average Bonchev–Trinajstić information content (AvgIpc) is 2.99. The van der Waals surface area contributed by atoms with E-state index in [2.05, 4.69) is 15.5 Å². The van der Waals surface area contributed by atoms with E-state index in [9.17, 15) is 4.79 Å². The number of aromatic nitrogens is 2. The molecule has 2 aromatic rings. The van der Waals surface area contributed by atoms with E-state index in [1.165, 1.54) is 11.8 Å². The molecule has 2 heterocycles. The highest BCUT2D eigenvalue weighted by atomic mass is 16.3. The van der Waals surface area contributed by atoms with E-state index in [0.717, 1.165) is 25.0 Å². The van der Waals surface area contributed by atoms with Gasteiger partial charge >= 0.3 is 0 Å². The third-order valence-electron chi connectivity index (χ3n) is 3.10. The fourth-order valence-corrected chi connectivity index (χ4v) is 2.20. The molecular weight excluding hydrogens is 218 g/mol. The molecule has 0 spiro atoms. The summed E-state index contributed by atoms with van der Waals surface area (Å²) in [6, 6.07) is 3.53. The maximum Gasteiger partial charge on any atom is 0.287 e. The number of furan rings is 1. The van der Waals surface area contributed by atoms with Crippen LogP contribution in [-0.4, -0.2) is 22.1 Å². The molecule has 0 saturated heterocycles. The molecule has 0 bridgehead atoms. The summed E-state index contributed by atoms with van der Waals surface area (Å²) in [5.74, 6) is 0.211. The summed E-state index contributed by atoms with van der Waals surface area (Å²) in [7, 11) is 0. The predicted molar refractivity (Wildman–Crippen MR) is 60.6 cm³/mol. The second kappa shape index (κ2) is 4.08. The Hall–Kier alpha value is -2.04. The van der Waals surface area contributed by atoms with Crippen molar-refractivity contribution in [3.05, 3.63) is 41.6 Å². The molecule has 2 aromatic heterocycles. The molecule has 3 rings (SSSR count). The van der Waals surface area contributed by atoms with Gasteiger partial charge in [-0.2, -0.15) is 5.10 Å². The van der Waals surface area contributed by atoms with Gasteiger partial charge in [-0.3, -0.25) is 9.89 Å². The molecular formula is C12H13N3O2. The summed E-state index contributed by atoms with van der Waals surface area (Å²) in [4.78, 5) is 11.8. The monoisotopic (exact) mass is 231 g/mol. The van der Waals surface area contributed by atoms with Crippen molar-refractivity contribution < 1.29 is 9.21 Å². The number of hydrogen-bond acceptors (Lipinski definition) is 3. The fourth-order valence-electron chi connectivity index (χ4n) is 2.20. The summed E-state index contributed by atoms with van der Waals surface area (Å²) in [6.07, 6.45) is 6.07. The van der Waals surface area contributed by atoms with Crippen molar-refractivity contribution in [1.82, 2.24) is 15.5 Å². The van der Waals surface area contributed by atoms with Crippen LogP contribution in [0, 0.1) is 0 Å². The lowest BCUT2D eigenvalue weighted by Gasteiger charge is -2.22. The van der Waals surface area contributed by atoms with Gasteiger partial charge in [0, 0.05) is 18.2 Å². The number of H-pyrrole nitrogens is 1. The fraction of sp³-hybridized carbons (Fsp3) is 0.333. The van der Waals surface area contributed by atoms with Crippen molar-refractivity contribution in [2.24, 2.45) is 0 Å². The van der Waals surface area contributed by atoms with Crippen molar-refractivity contribution in [2.45, 2.75) is 25.3 Å². The average molecular weight is 231 g/mol. The second-order valence-electron chi connectivity index (χ2n) is 4.26. The van der Waals surface area contributed by atoms with Crippen LogP contribution in [0.15, 0.2) is 29.0 Å². The first kappa shape index (κ1) is 10.1. The molecule has 5 nitrogen and oxygen atoms in total. The lowest BCUT2D eigenvalue weighted by Crippen LogP contribution is -2.38. The molecule has 0 radical (unpaired) electrons. The third kappa shape index (κ3) is 1.95. The van der Waals surface area contributed by atoms with Gasteiger partial charge in [-0.05, 0) is 30.5 Å². The number of aryl methyl sites for hydroxylation is 1. The topological polar surface area (TPSA) is 70.9 Å². The lowest BCUT2D eigenvalue weighted by atomic mass is 9.94. The first-order valence-corrected chi connectivity index (χ1v) is 5.68. The van der Waals surface area contributed by atoms with E-state index >= 15 is 0 Å². The van der Waals surface area contributed by atoms with Crippen molar-refractivity contribution in [3.8, 4) is 0 Å². The summed E-state index contributed by atoms with van der Waals surface area (Å²) >= 11 is 0. The van der Waals surface area contributed by atoms with Crippen LogP contribution in [0.4, 0.5) is 0 Å². The molecule has 1 amide bonds. The molecule has 2 N–H and O–H groups in total. The second-order valence-corrected chi connectivity index (χ2v) is 4.26. The van der Waals surface area contributed by atoms with E-state index < -0.39 is 0 Å². The largest absolute Gasteiger partial charge is 0.459 e. The van der Waals surface area contributed by atoms with Crippen LogP contribution in [0.3, 0.4) is 0 Å². The van der Waals surface area contributed by atoms with E-state index in [1.807, 2.05) is 6.20 Å². The van der Waals surface area contributed by atoms with Crippen molar-refractivity contribution in [2.75, 3.05) is 0 Å². The van der Waals surface area contributed by atoms with Crippen molar-refractivity contribution >= 4 is 5.91 Å². The van der Waals surface area contributed by atoms with Gasteiger partial charge in [-0.1, -0.05) is 0 Å². The van der Waals surface area contributed by atoms with Crippen LogP contribution in [0.1, 0.15) is 28.2 Å². The van der Waals surface area contributed by atoms with Gasteiger partial charge in [0.25, 0.3) is 5.91 Å². The number of aromatic amines is 1. The van der Waals surface area contributed by atoms with E-state index in [-0.39, 0.29) is 11.9 Å². The molecule has 0 aromatic carbocycles. The number of carbonyl (C=O) groups is 1. The molecule has 0 fully saturated rings. The molecule has 1 aliphatic rings. The highest BCUT2D eigenvalue weighted by Gasteiger charge is 2.22. The summed E-state index contributed by atoms with van der Waals surface area (Å²) in [6.45, 7) is 0. The standard InChI is InChI=1S/C12H13N3O2/c16-12(11-2-1-5-17-11)14-9-4-3-8-7-13-15-10(8)6-9/h1-2,5,7,9H,3-4,6H2,(H,13,15)(H,14,16). The molecule has 5 heteroatoms. The van der Waals surface area contributed by atoms with E-state index in [1.54, 1.807) is 12.1 Å². The third-order valence-corrected chi connectivity index (χ3v) is 3.10. The van der Waals surface area contributed by atoms with Crippen LogP contribution in [0.5, 0.6) is 0 Å². The van der Waals surface area contributed by atoms with Gasteiger partial charge in [0.15, 0.2) is 5.76 Å². The van der Waals surface area contributed by atoms with E-state index in [4.69, 9.17) is 4.42 Å². The summed E-state index contributed by atoms with van der Waals surface area (Å²) in [5, 5.41) is 9.95. The van der Waals surface area contributed by atoms with Gasteiger partial charge in [-0.15, -0.1) is 0 Å². The molecule has 17 heavy (non-hydrogen) atoms. The van der Waals surface area contributed by atoms with Crippen LogP contribution in [-0.2, 0) is 12.8 Å². The van der Waals surface area contributed by atoms with Gasteiger partial charge in [-0.25, -0.2) is 0 Å². The van der Waals surface area contributed by atoms with Gasteiger partial charge in [0.2, 0.25) is 0 Å². The zero-order chi connectivity index (χ0) is 11.7. The Kier molecular flexibility index (Phi) is 2.44. The number of nitrogens with zero attached hydrogens (tertiary/aromatic N) is 1. The molecule has 1 aliphatic carbocycles. The van der Waals surface area contributed by atoms with Gasteiger partial charge in [0.1, 0.15) is 0 Å². The quantitative estimate of drug-likeness (QED) is 0.818.